The summed E-state index contributed by atoms with van der Waals surface area (Å²) >= 11 is 4.24. The van der Waals surface area contributed by atoms with Crippen LogP contribution in [-0.4, -0.2) is 0 Å². The molecule has 0 spiro atoms. The lowest BCUT2D eigenvalue weighted by Gasteiger charge is -2.10. The van der Waals surface area contributed by atoms with E-state index in [4.69, 9.17) is 0 Å². The number of rotatable bonds is 0. The summed E-state index contributed by atoms with van der Waals surface area (Å²) < 4.78 is 0. The van der Waals surface area contributed by atoms with Gasteiger partial charge in [0.1, 0.15) is 0 Å². The minimum Gasteiger partial charge on any atom is -0.0558 e. The zero-order valence-electron chi connectivity index (χ0n) is 8.83. The van der Waals surface area contributed by atoms with Crippen molar-refractivity contribution in [2.45, 2.75) is 34.6 Å². The van der Waals surface area contributed by atoms with Crippen LogP contribution in [0.3, 0.4) is 0 Å². The zero-order valence-corrected chi connectivity index (χ0v) is 13.1. The summed E-state index contributed by atoms with van der Waals surface area (Å²) in [6, 6.07) is 2.26. The molecule has 0 saturated carbocycles. The van der Waals surface area contributed by atoms with Gasteiger partial charge in [0, 0.05) is 37.2 Å². The summed E-state index contributed by atoms with van der Waals surface area (Å²) in [5.74, 6) is 0. The van der Waals surface area contributed by atoms with Crippen molar-refractivity contribution in [3.8, 4) is 0 Å². The Balaban J connectivity index is 0.000000671. The first-order valence-electron chi connectivity index (χ1n) is 4.22. The number of halogens is 2. The van der Waals surface area contributed by atoms with Crippen LogP contribution >= 0.6 is 37.2 Å². The molecule has 0 aliphatic rings. The van der Waals surface area contributed by atoms with Crippen molar-refractivity contribution in [2.24, 2.45) is 0 Å². The maximum absolute atomic E-state index is 2.26. The highest BCUT2D eigenvalue weighted by molar-refractivity contribution is 15.0. The first kappa shape index (κ1) is 13.7. The molecule has 0 bridgehead atoms. The van der Waals surface area contributed by atoms with Gasteiger partial charge in [0.05, 0.1) is 0 Å². The standard InChI is InChI=1S/C11H16.I2/c1-7-6-8(2)10(4)11(5)9(7)3;1-2/h6H,1-5H3;. The fourth-order valence-corrected chi connectivity index (χ4v) is 1.41. The van der Waals surface area contributed by atoms with E-state index in [2.05, 4.69) is 77.9 Å². The molecule has 0 amide bonds. The SMILES string of the molecule is Cc1cc(C)c(C)c(C)c1C.II. The average Bonchev–Trinajstić information content (AvgIpc) is 2.15. The van der Waals surface area contributed by atoms with E-state index in [9.17, 15) is 0 Å². The third kappa shape index (κ3) is 3.38. The summed E-state index contributed by atoms with van der Waals surface area (Å²) in [6.07, 6.45) is 0. The van der Waals surface area contributed by atoms with Crippen molar-refractivity contribution < 1.29 is 0 Å². The Hall–Kier alpha value is 0.680. The van der Waals surface area contributed by atoms with Gasteiger partial charge < -0.3 is 0 Å². The first-order valence-corrected chi connectivity index (χ1v) is 10.5. The molecule has 0 atom stereocenters. The molecule has 1 rings (SSSR count). The first-order chi connectivity index (χ1) is 6.04. The van der Waals surface area contributed by atoms with Gasteiger partial charge in [0.2, 0.25) is 0 Å². The van der Waals surface area contributed by atoms with E-state index >= 15 is 0 Å². The highest BCUT2D eigenvalue weighted by Gasteiger charge is 2.02. The maximum Gasteiger partial charge on any atom is 0 e. The molecule has 1 aromatic carbocycles. The molecule has 74 valence electrons. The summed E-state index contributed by atoms with van der Waals surface area (Å²) in [5, 5.41) is 0. The molecule has 0 aromatic heterocycles. The molecule has 0 fully saturated rings. The van der Waals surface area contributed by atoms with Crippen LogP contribution in [0.1, 0.15) is 27.8 Å². The smallest absolute Gasteiger partial charge is 0 e. The lowest BCUT2D eigenvalue weighted by molar-refractivity contribution is 1.18. The van der Waals surface area contributed by atoms with Gasteiger partial charge in [-0.25, -0.2) is 0 Å². The lowest BCUT2D eigenvalue weighted by Crippen LogP contribution is -1.93. The van der Waals surface area contributed by atoms with Crippen molar-refractivity contribution in [1.29, 1.82) is 0 Å². The molecule has 0 radical (unpaired) electrons. The number of benzene rings is 1. The van der Waals surface area contributed by atoms with E-state index in [1.807, 2.05) is 0 Å². The Bertz CT molecular complexity index is 264. The van der Waals surface area contributed by atoms with Crippen molar-refractivity contribution in [3.05, 3.63) is 33.9 Å². The number of hydrogen-bond acceptors (Lipinski definition) is 0. The van der Waals surface area contributed by atoms with Crippen LogP contribution in [-0.2, 0) is 0 Å². The van der Waals surface area contributed by atoms with E-state index in [1.165, 1.54) is 27.8 Å². The Labute approximate surface area is 105 Å². The topological polar surface area (TPSA) is 0 Å². The molecule has 13 heavy (non-hydrogen) atoms. The van der Waals surface area contributed by atoms with E-state index in [-0.39, 0.29) is 0 Å². The minimum atomic E-state index is 1.41. The normalized spacial score (nSPS) is 9.15. The molecule has 0 N–H and O–H groups in total. The van der Waals surface area contributed by atoms with Crippen LogP contribution in [0.25, 0.3) is 0 Å². The molecule has 1 aromatic rings. The second-order valence-corrected chi connectivity index (χ2v) is 3.39. The van der Waals surface area contributed by atoms with E-state index in [0.29, 0.717) is 0 Å². The Morgan fingerprint density at radius 1 is 0.692 bits per heavy atom. The minimum absolute atomic E-state index is 1.41. The van der Waals surface area contributed by atoms with Crippen LogP contribution in [0.5, 0.6) is 0 Å². The summed E-state index contributed by atoms with van der Waals surface area (Å²) in [5.41, 5.74) is 7.14. The van der Waals surface area contributed by atoms with Crippen LogP contribution in [0.15, 0.2) is 6.07 Å². The van der Waals surface area contributed by atoms with Crippen LogP contribution in [0.4, 0.5) is 0 Å². The molecule has 0 heterocycles. The van der Waals surface area contributed by atoms with E-state index < -0.39 is 0 Å². The fourth-order valence-electron chi connectivity index (χ4n) is 1.41. The summed E-state index contributed by atoms with van der Waals surface area (Å²) in [7, 11) is 0. The third-order valence-corrected chi connectivity index (χ3v) is 2.74. The second-order valence-electron chi connectivity index (χ2n) is 3.39. The lowest BCUT2D eigenvalue weighted by atomic mass is 9.96. The molecule has 0 aliphatic heterocycles. The molecule has 0 saturated heterocycles. The van der Waals surface area contributed by atoms with Gasteiger partial charge >= 0.3 is 0 Å². The monoisotopic (exact) mass is 402 g/mol. The Kier molecular flexibility index (Phi) is 6.54. The average molecular weight is 402 g/mol. The van der Waals surface area contributed by atoms with Gasteiger partial charge in [-0.05, 0) is 62.4 Å². The second kappa shape index (κ2) is 6.22. The van der Waals surface area contributed by atoms with Gasteiger partial charge in [-0.3, -0.25) is 0 Å². The predicted octanol–water partition coefficient (Wildman–Crippen LogP) is 5.00. The van der Waals surface area contributed by atoms with Crippen molar-refractivity contribution >= 4 is 37.2 Å². The van der Waals surface area contributed by atoms with Gasteiger partial charge in [-0.1, -0.05) is 6.07 Å². The van der Waals surface area contributed by atoms with Gasteiger partial charge in [-0.15, -0.1) is 0 Å². The largest absolute Gasteiger partial charge is 0.0558 e. The number of aryl methyl sites for hydroxylation is 2. The molecular weight excluding hydrogens is 386 g/mol. The molecular formula is C11H16I2. The molecule has 0 nitrogen and oxygen atoms in total. The van der Waals surface area contributed by atoms with Crippen molar-refractivity contribution in [1.82, 2.24) is 0 Å². The van der Waals surface area contributed by atoms with Gasteiger partial charge in [0.25, 0.3) is 0 Å². The molecule has 2 heteroatoms. The highest BCUT2D eigenvalue weighted by atomic mass is 128. The van der Waals surface area contributed by atoms with E-state index in [0.717, 1.165) is 0 Å². The van der Waals surface area contributed by atoms with Crippen LogP contribution < -0.4 is 0 Å². The van der Waals surface area contributed by atoms with Gasteiger partial charge in [-0.2, -0.15) is 0 Å². The summed E-state index contributed by atoms with van der Waals surface area (Å²) in [4.78, 5) is 0. The molecule has 0 aliphatic carbocycles. The summed E-state index contributed by atoms with van der Waals surface area (Å²) in [6.45, 7) is 10.9. The van der Waals surface area contributed by atoms with Crippen molar-refractivity contribution in [3.63, 3.8) is 0 Å². The predicted molar refractivity (Wildman–Crippen MR) is 78.2 cm³/mol. The Morgan fingerprint density at radius 2 is 1.00 bits per heavy atom. The number of hydrogen-bond donors (Lipinski definition) is 0. The maximum atomic E-state index is 2.26. The fraction of sp³-hybridized carbons (Fsp3) is 0.455. The van der Waals surface area contributed by atoms with Crippen LogP contribution in [0.2, 0.25) is 0 Å². The van der Waals surface area contributed by atoms with Gasteiger partial charge in [0.15, 0.2) is 0 Å². The van der Waals surface area contributed by atoms with Crippen molar-refractivity contribution in [2.75, 3.05) is 0 Å². The van der Waals surface area contributed by atoms with Crippen LogP contribution in [0, 0.1) is 34.6 Å². The quantitative estimate of drug-likeness (QED) is 0.536. The Morgan fingerprint density at radius 3 is 1.31 bits per heavy atom. The molecule has 0 unspecified atom stereocenters. The highest BCUT2D eigenvalue weighted by Crippen LogP contribution is 2.19. The third-order valence-electron chi connectivity index (χ3n) is 2.74. The zero-order chi connectivity index (χ0) is 10.6. The van der Waals surface area contributed by atoms with E-state index in [1.54, 1.807) is 0 Å².